The maximum absolute atomic E-state index is 13.4. The number of nitrogens with one attached hydrogen (secondary N) is 5. The van der Waals surface area contributed by atoms with Gasteiger partial charge in [-0.15, -0.1) is 0 Å². The number of aliphatic hydroxyl groups is 3. The molecule has 0 fully saturated rings. The number of carbonyl (C=O) groups is 8. The summed E-state index contributed by atoms with van der Waals surface area (Å²) in [5.74, 6) is -7.24. The van der Waals surface area contributed by atoms with Gasteiger partial charge >= 0.3 is 5.97 Å². The van der Waals surface area contributed by atoms with Gasteiger partial charge in [0.1, 0.15) is 30.2 Å². The van der Waals surface area contributed by atoms with Crippen LogP contribution in [0.5, 0.6) is 0 Å². The molecule has 5 amide bonds. The molecular weight excluding hydrogens is 826 g/mol. The fourth-order valence-electron chi connectivity index (χ4n) is 5.65. The SMILES string of the molecule is CC(=O)O.CC(=O)O.CCCCCC/C=C\CCCCCCCC(=O)N[C@@H](CCCCN)C(=O)N[C@H](C(=O)N[C@H](C(=O)N[C@@H](CCCN)C(=O)N[C@@H](CO)C(=O)O)[C@@H](C)O)[C@@H](C)O. The molecule has 0 aromatic carbocycles. The summed E-state index contributed by atoms with van der Waals surface area (Å²) < 4.78 is 0. The number of carboxylic acids is 3. The molecule has 0 aliphatic heterocycles. The Hall–Kier alpha value is -4.70. The summed E-state index contributed by atoms with van der Waals surface area (Å²) in [6.07, 6.45) is 15.1. The minimum absolute atomic E-state index is 0.0346. The number of aliphatic hydroxyl groups excluding tert-OH is 3. The van der Waals surface area contributed by atoms with Crippen LogP contribution in [0.3, 0.4) is 0 Å². The van der Waals surface area contributed by atoms with Gasteiger partial charge in [-0.3, -0.25) is 33.6 Å². The van der Waals surface area contributed by atoms with E-state index in [1.165, 1.54) is 39.5 Å². The van der Waals surface area contributed by atoms with E-state index in [-0.39, 0.29) is 38.1 Å². The summed E-state index contributed by atoms with van der Waals surface area (Å²) in [6, 6.07) is -7.31. The minimum atomic E-state index is -1.68. The van der Waals surface area contributed by atoms with Crippen molar-refractivity contribution >= 4 is 47.4 Å². The van der Waals surface area contributed by atoms with E-state index in [4.69, 9.17) is 31.3 Å². The monoisotopic (exact) mass is 906 g/mol. The topological polar surface area (TPSA) is 370 Å². The van der Waals surface area contributed by atoms with Crippen LogP contribution in [-0.4, -0.2) is 140 Å². The van der Waals surface area contributed by atoms with Gasteiger partial charge in [-0.05, 0) is 91.1 Å². The number of hydrogen-bond donors (Lipinski definition) is 13. The Morgan fingerprint density at radius 1 is 0.524 bits per heavy atom. The van der Waals surface area contributed by atoms with Crippen LogP contribution in [0, 0.1) is 0 Å². The van der Waals surface area contributed by atoms with Crippen LogP contribution in [0.2, 0.25) is 0 Å². The summed E-state index contributed by atoms with van der Waals surface area (Å²) in [5.41, 5.74) is 11.2. The molecule has 7 atom stereocenters. The number of hydrogen-bond acceptors (Lipinski definition) is 13. The molecular formula is C42H79N7O14. The quantitative estimate of drug-likeness (QED) is 0.0316. The molecule has 0 spiro atoms. The van der Waals surface area contributed by atoms with E-state index in [0.29, 0.717) is 25.8 Å². The first-order valence-electron chi connectivity index (χ1n) is 21.8. The second-order valence-electron chi connectivity index (χ2n) is 15.1. The van der Waals surface area contributed by atoms with Crippen molar-refractivity contribution < 1.29 is 69.0 Å². The average Bonchev–Trinajstić information content (AvgIpc) is 3.19. The first-order chi connectivity index (χ1) is 29.7. The van der Waals surface area contributed by atoms with Gasteiger partial charge in [0.25, 0.3) is 11.9 Å². The molecule has 0 aromatic rings. The van der Waals surface area contributed by atoms with Crippen molar-refractivity contribution in [2.24, 2.45) is 11.5 Å². The fraction of sp³-hybridized carbons (Fsp3) is 0.762. The van der Waals surface area contributed by atoms with Crippen LogP contribution in [0.4, 0.5) is 0 Å². The van der Waals surface area contributed by atoms with E-state index in [9.17, 15) is 49.2 Å². The Kier molecular flexibility index (Phi) is 39.8. The Balaban J connectivity index is -0.00000411. The summed E-state index contributed by atoms with van der Waals surface area (Å²) in [6.45, 7) is 6.39. The molecule has 0 rings (SSSR count). The van der Waals surface area contributed by atoms with Crippen molar-refractivity contribution in [3.8, 4) is 0 Å². The van der Waals surface area contributed by atoms with Crippen molar-refractivity contribution in [1.29, 1.82) is 0 Å². The first-order valence-corrected chi connectivity index (χ1v) is 21.8. The van der Waals surface area contributed by atoms with Crippen LogP contribution < -0.4 is 38.1 Å². The lowest BCUT2D eigenvalue weighted by molar-refractivity contribution is -0.143. The van der Waals surface area contributed by atoms with Crippen LogP contribution in [0.1, 0.15) is 144 Å². The van der Waals surface area contributed by atoms with Gasteiger partial charge in [0, 0.05) is 20.3 Å². The molecule has 0 aliphatic carbocycles. The predicted molar refractivity (Wildman–Crippen MR) is 236 cm³/mol. The highest BCUT2D eigenvalue weighted by Crippen LogP contribution is 2.11. The van der Waals surface area contributed by atoms with Crippen LogP contribution in [-0.2, 0) is 38.4 Å². The molecule has 0 unspecified atom stereocenters. The molecule has 0 saturated carbocycles. The zero-order chi connectivity index (χ0) is 48.8. The lowest BCUT2D eigenvalue weighted by atomic mass is 10.0. The number of amides is 5. The molecule has 63 heavy (non-hydrogen) atoms. The summed E-state index contributed by atoms with van der Waals surface area (Å²) >= 11 is 0. The zero-order valence-electron chi connectivity index (χ0n) is 37.9. The number of rotatable bonds is 33. The van der Waals surface area contributed by atoms with Crippen LogP contribution >= 0.6 is 0 Å². The van der Waals surface area contributed by atoms with Gasteiger partial charge < -0.3 is 68.7 Å². The van der Waals surface area contributed by atoms with Gasteiger partial charge in [0.05, 0.1) is 18.8 Å². The summed E-state index contributed by atoms with van der Waals surface area (Å²) in [7, 11) is 0. The van der Waals surface area contributed by atoms with Gasteiger partial charge in [-0.25, -0.2) is 4.79 Å². The van der Waals surface area contributed by atoms with Crippen molar-refractivity contribution in [1.82, 2.24) is 26.6 Å². The Morgan fingerprint density at radius 3 is 1.38 bits per heavy atom. The lowest BCUT2D eigenvalue weighted by Gasteiger charge is -2.29. The van der Waals surface area contributed by atoms with Gasteiger partial charge in [-0.1, -0.05) is 57.6 Å². The van der Waals surface area contributed by atoms with E-state index in [1.807, 2.05) is 0 Å². The zero-order valence-corrected chi connectivity index (χ0v) is 37.9. The van der Waals surface area contributed by atoms with Crippen molar-refractivity contribution in [2.45, 2.75) is 186 Å². The lowest BCUT2D eigenvalue weighted by Crippen LogP contribution is -2.62. The number of unbranched alkanes of at least 4 members (excludes halogenated alkanes) is 10. The van der Waals surface area contributed by atoms with E-state index < -0.39 is 90.6 Å². The Morgan fingerprint density at radius 2 is 0.921 bits per heavy atom. The summed E-state index contributed by atoms with van der Waals surface area (Å²) in [4.78, 5) is 95.0. The first kappa shape index (κ1) is 62.6. The highest BCUT2D eigenvalue weighted by molar-refractivity contribution is 5.96. The largest absolute Gasteiger partial charge is 0.481 e. The summed E-state index contributed by atoms with van der Waals surface area (Å²) in [5, 5.41) is 66.1. The number of nitrogens with two attached hydrogens (primary N) is 2. The van der Waals surface area contributed by atoms with Crippen molar-refractivity contribution in [3.63, 3.8) is 0 Å². The highest BCUT2D eigenvalue weighted by Gasteiger charge is 2.35. The van der Waals surface area contributed by atoms with E-state index in [1.54, 1.807) is 0 Å². The standard InChI is InChI=1S/C38H71N7O10.2C2H4O2/c1-4-5-6-7-8-9-10-11-12-13-14-15-16-22-31(49)41-28(20-17-18-23-39)35(51)44-33(27(3)48)37(53)45-32(26(2)47)36(52)42-29(21-19-24-40)34(50)43-30(25-46)38(54)55;2*1-2(3)4/h9-10,26-30,32-33,46-48H,4-8,11-25,39-40H2,1-3H3,(H,41,49)(H,42,52)(H,43,50)(H,44,51)(H,45,53)(H,54,55);2*1H3,(H,3,4)/b10-9-;;/t26-,27-,28+,29+,30+,32+,33+;;/m1../s1. The highest BCUT2D eigenvalue weighted by atomic mass is 16.4. The van der Waals surface area contributed by atoms with Crippen LogP contribution in [0.15, 0.2) is 12.2 Å². The molecule has 0 saturated heterocycles. The molecule has 21 nitrogen and oxygen atoms in total. The number of carbonyl (C=O) groups excluding carboxylic acids is 5. The van der Waals surface area contributed by atoms with Gasteiger partial charge in [-0.2, -0.15) is 0 Å². The third kappa shape index (κ3) is 36.5. The Bertz CT molecular complexity index is 1330. The average molecular weight is 906 g/mol. The third-order valence-corrected chi connectivity index (χ3v) is 9.02. The van der Waals surface area contributed by atoms with Crippen LogP contribution in [0.25, 0.3) is 0 Å². The molecule has 0 radical (unpaired) electrons. The molecule has 21 heteroatoms. The smallest absolute Gasteiger partial charge is 0.328 e. The second kappa shape index (κ2) is 40.1. The number of allylic oxidation sites excluding steroid dienone is 2. The molecule has 0 bridgehead atoms. The van der Waals surface area contributed by atoms with E-state index in [0.717, 1.165) is 52.4 Å². The fourth-order valence-corrected chi connectivity index (χ4v) is 5.65. The third-order valence-electron chi connectivity index (χ3n) is 9.02. The molecule has 0 aliphatic rings. The maximum atomic E-state index is 13.4. The molecule has 0 heterocycles. The van der Waals surface area contributed by atoms with E-state index in [2.05, 4.69) is 45.7 Å². The maximum Gasteiger partial charge on any atom is 0.328 e. The van der Waals surface area contributed by atoms with E-state index >= 15 is 0 Å². The molecule has 366 valence electrons. The second-order valence-corrected chi connectivity index (χ2v) is 15.1. The van der Waals surface area contributed by atoms with Crippen molar-refractivity contribution in [2.75, 3.05) is 19.7 Å². The number of aliphatic carboxylic acids is 3. The van der Waals surface area contributed by atoms with Crippen molar-refractivity contribution in [3.05, 3.63) is 12.2 Å². The molecule has 15 N–H and O–H groups in total. The van der Waals surface area contributed by atoms with Gasteiger partial charge in [0.2, 0.25) is 29.5 Å². The molecule has 0 aromatic heterocycles. The Labute approximate surface area is 372 Å². The predicted octanol–water partition coefficient (Wildman–Crippen LogP) is 0.556. The minimum Gasteiger partial charge on any atom is -0.481 e. The van der Waals surface area contributed by atoms with Gasteiger partial charge in [0.15, 0.2) is 0 Å². The normalized spacial score (nSPS) is 14.1. The number of carboxylic acid groups (broad SMARTS) is 3.